The van der Waals surface area contributed by atoms with E-state index in [1.165, 1.54) is 14.6 Å². The molecule has 146 valence electrons. The van der Waals surface area contributed by atoms with Gasteiger partial charge >= 0.3 is 0 Å². The largest absolute Gasteiger partial charge is 0.337 e. The van der Waals surface area contributed by atoms with E-state index in [4.69, 9.17) is 4.98 Å². The number of fused-ring (bicyclic) bond motifs is 1. The predicted octanol–water partition coefficient (Wildman–Crippen LogP) is 0.704. The van der Waals surface area contributed by atoms with Crippen molar-refractivity contribution in [1.82, 2.24) is 9.88 Å². The number of hydrogen-bond acceptors (Lipinski definition) is 5. The van der Waals surface area contributed by atoms with Crippen molar-refractivity contribution < 1.29 is 18.1 Å². The molecule has 0 bridgehead atoms. The maximum atomic E-state index is 12.7. The van der Waals surface area contributed by atoms with Crippen LogP contribution in [-0.2, 0) is 14.6 Å². The van der Waals surface area contributed by atoms with Gasteiger partial charge in [0.2, 0.25) is 0 Å². The van der Waals surface area contributed by atoms with Crippen molar-refractivity contribution in [3.8, 4) is 0 Å². The molecular formula is C19H26N3O3S2+. The Kier molecular flexibility index (Phi) is 5.22. The molecule has 2 aliphatic heterocycles. The number of benzene rings is 1. The minimum Gasteiger partial charge on any atom is -0.337 e. The highest BCUT2D eigenvalue weighted by atomic mass is 32.2. The third-order valence-corrected chi connectivity index (χ3v) is 8.78. The molecule has 1 aromatic carbocycles. The molecule has 27 heavy (non-hydrogen) atoms. The van der Waals surface area contributed by atoms with Gasteiger partial charge in [0.1, 0.15) is 5.01 Å². The predicted molar refractivity (Wildman–Crippen MR) is 107 cm³/mol. The van der Waals surface area contributed by atoms with E-state index in [2.05, 4.69) is 12.1 Å². The second-order valence-corrected chi connectivity index (χ2v) is 11.1. The molecule has 8 heteroatoms. The van der Waals surface area contributed by atoms with Crippen molar-refractivity contribution >= 4 is 37.3 Å². The zero-order chi connectivity index (χ0) is 19.0. The molecule has 0 aliphatic carbocycles. The van der Waals surface area contributed by atoms with E-state index in [9.17, 15) is 13.2 Å². The summed E-state index contributed by atoms with van der Waals surface area (Å²) in [6.45, 7) is 2.35. The lowest BCUT2D eigenvalue weighted by Gasteiger charge is -2.31. The van der Waals surface area contributed by atoms with E-state index in [-0.39, 0.29) is 23.5 Å². The number of likely N-dealkylation sites (N-methyl/N-ethyl adjacent to an activating group) is 1. The minimum atomic E-state index is -2.97. The van der Waals surface area contributed by atoms with Crippen LogP contribution < -0.4 is 4.90 Å². The Morgan fingerprint density at radius 3 is 2.89 bits per heavy atom. The third kappa shape index (κ3) is 4.17. The number of likely N-dealkylation sites (tertiary alicyclic amines) is 1. The summed E-state index contributed by atoms with van der Waals surface area (Å²) < 4.78 is 24.6. The Hall–Kier alpha value is -1.51. The number of nitrogens with zero attached hydrogens (tertiary/aromatic N) is 2. The van der Waals surface area contributed by atoms with Gasteiger partial charge in [0, 0.05) is 13.1 Å². The van der Waals surface area contributed by atoms with Gasteiger partial charge in [0.15, 0.2) is 16.4 Å². The van der Waals surface area contributed by atoms with Gasteiger partial charge in [-0.2, -0.15) is 0 Å². The number of hydrogen-bond donors (Lipinski definition) is 1. The number of nitrogens with one attached hydrogen (secondary N) is 1. The summed E-state index contributed by atoms with van der Waals surface area (Å²) in [7, 11) is -1.22. The lowest BCUT2D eigenvalue weighted by Crippen LogP contribution is -3.14. The molecule has 1 amide bonds. The maximum Gasteiger partial charge on any atom is 0.277 e. The van der Waals surface area contributed by atoms with Gasteiger partial charge in [-0.3, -0.25) is 4.79 Å². The molecule has 3 heterocycles. The van der Waals surface area contributed by atoms with Gasteiger partial charge < -0.3 is 9.80 Å². The second-order valence-electron chi connectivity index (χ2n) is 7.80. The van der Waals surface area contributed by atoms with Gasteiger partial charge in [0.25, 0.3) is 5.91 Å². The number of thiazole rings is 1. The normalized spacial score (nSPS) is 27.7. The lowest BCUT2D eigenvalue weighted by molar-refractivity contribution is -0.898. The maximum absolute atomic E-state index is 12.7. The monoisotopic (exact) mass is 408 g/mol. The van der Waals surface area contributed by atoms with Crippen LogP contribution in [0.4, 0.5) is 0 Å². The zero-order valence-corrected chi connectivity index (χ0v) is 17.2. The Morgan fingerprint density at radius 1 is 1.33 bits per heavy atom. The fourth-order valence-corrected chi connectivity index (χ4v) is 7.09. The van der Waals surface area contributed by atoms with Crippen LogP contribution in [0.3, 0.4) is 0 Å². The molecule has 4 rings (SSSR count). The van der Waals surface area contributed by atoms with Crippen molar-refractivity contribution in [2.24, 2.45) is 0 Å². The summed E-state index contributed by atoms with van der Waals surface area (Å²) >= 11 is 1.76. The van der Waals surface area contributed by atoms with Crippen molar-refractivity contribution in [3.05, 3.63) is 29.3 Å². The second kappa shape index (κ2) is 7.48. The van der Waals surface area contributed by atoms with E-state index in [1.54, 1.807) is 23.3 Å². The molecule has 3 atom stereocenters. The number of piperidine rings is 1. The number of aromatic nitrogens is 1. The molecule has 0 saturated carbocycles. The van der Waals surface area contributed by atoms with Gasteiger partial charge in [-0.1, -0.05) is 12.1 Å². The van der Waals surface area contributed by atoms with Gasteiger partial charge in [-0.25, -0.2) is 13.4 Å². The quantitative estimate of drug-likeness (QED) is 0.809. The number of amides is 1. The molecule has 1 N–H and O–H groups in total. The molecule has 2 fully saturated rings. The summed E-state index contributed by atoms with van der Waals surface area (Å²) in [5, 5.41) is 1.18. The summed E-state index contributed by atoms with van der Waals surface area (Å²) in [5.41, 5.74) is 1.06. The number of carbonyl (C=O) groups excluding carboxylic acids is 1. The van der Waals surface area contributed by atoms with Crippen LogP contribution in [0.25, 0.3) is 10.2 Å². The molecule has 1 unspecified atom stereocenters. The first-order valence-corrected chi connectivity index (χ1v) is 12.2. The number of quaternary nitrogens is 1. The van der Waals surface area contributed by atoms with Crippen molar-refractivity contribution in [2.75, 3.05) is 38.2 Å². The highest BCUT2D eigenvalue weighted by Crippen LogP contribution is 2.30. The van der Waals surface area contributed by atoms with Gasteiger partial charge in [-0.15, -0.1) is 11.3 Å². The fourth-order valence-electron chi connectivity index (χ4n) is 4.21. The Bertz CT molecular complexity index is 908. The van der Waals surface area contributed by atoms with E-state index in [0.29, 0.717) is 18.9 Å². The summed E-state index contributed by atoms with van der Waals surface area (Å²) in [6, 6.07) is 8.06. The lowest BCUT2D eigenvalue weighted by atomic mass is 9.98. The molecular weight excluding hydrogens is 382 g/mol. The molecule has 0 spiro atoms. The van der Waals surface area contributed by atoms with E-state index < -0.39 is 9.84 Å². The number of carbonyl (C=O) groups is 1. The van der Waals surface area contributed by atoms with Crippen molar-refractivity contribution in [1.29, 1.82) is 0 Å². The zero-order valence-electron chi connectivity index (χ0n) is 15.6. The molecule has 0 radical (unpaired) electrons. The van der Waals surface area contributed by atoms with Crippen molar-refractivity contribution in [3.63, 3.8) is 0 Å². The van der Waals surface area contributed by atoms with Crippen LogP contribution >= 0.6 is 11.3 Å². The molecule has 2 aliphatic rings. The Balaban J connectivity index is 1.38. The highest BCUT2D eigenvalue weighted by Gasteiger charge is 2.35. The average molecular weight is 409 g/mol. The topological polar surface area (TPSA) is 71.8 Å². The first-order chi connectivity index (χ1) is 12.9. The summed E-state index contributed by atoms with van der Waals surface area (Å²) in [4.78, 5) is 20.4. The molecule has 2 saturated heterocycles. The van der Waals surface area contributed by atoms with Crippen LogP contribution in [0.15, 0.2) is 24.3 Å². The van der Waals surface area contributed by atoms with Crippen LogP contribution in [-0.4, -0.2) is 68.4 Å². The van der Waals surface area contributed by atoms with Crippen LogP contribution in [0.1, 0.15) is 30.2 Å². The number of rotatable bonds is 4. The van der Waals surface area contributed by atoms with Crippen LogP contribution in [0.2, 0.25) is 0 Å². The van der Waals surface area contributed by atoms with E-state index >= 15 is 0 Å². The third-order valence-electron chi connectivity index (χ3n) is 5.83. The number of para-hydroxylation sites is 1. The van der Waals surface area contributed by atoms with Crippen LogP contribution in [0.5, 0.6) is 0 Å². The molecule has 6 nitrogen and oxygen atoms in total. The van der Waals surface area contributed by atoms with E-state index in [0.717, 1.165) is 31.4 Å². The fraction of sp³-hybridized carbons (Fsp3) is 0.579. The number of sulfone groups is 1. The first-order valence-electron chi connectivity index (χ1n) is 9.56. The Morgan fingerprint density at radius 2 is 2.15 bits per heavy atom. The summed E-state index contributed by atoms with van der Waals surface area (Å²) in [6.07, 6.45) is 2.77. The van der Waals surface area contributed by atoms with Gasteiger partial charge in [0.05, 0.1) is 40.7 Å². The minimum absolute atomic E-state index is 0.0528. The average Bonchev–Trinajstić information content (AvgIpc) is 3.24. The first kappa shape index (κ1) is 18.8. The standard InChI is InChI=1S/C19H25N3O3S2/c1-21(15-8-10-27(24,25)13-15)18(23)12-22-9-4-5-14(11-22)19-20-16-6-2-3-7-17(16)26-19/h2-3,6-7,14-15H,4-5,8-13H2,1H3/p+1/t14-,15+/m0/s1. The van der Waals surface area contributed by atoms with Crippen molar-refractivity contribution in [2.45, 2.75) is 31.2 Å². The molecule has 1 aromatic heterocycles. The Labute approximate surface area is 164 Å². The smallest absolute Gasteiger partial charge is 0.277 e. The SMILES string of the molecule is CN(C(=O)C[NH+]1CCC[C@H](c2nc3ccccc3s2)C1)[C@@H]1CCS(=O)(=O)C1. The van der Waals surface area contributed by atoms with Gasteiger partial charge in [-0.05, 0) is 31.4 Å². The molecule has 2 aromatic rings. The van der Waals surface area contributed by atoms with Crippen LogP contribution in [0, 0.1) is 0 Å². The van der Waals surface area contributed by atoms with E-state index in [1.807, 2.05) is 12.1 Å². The highest BCUT2D eigenvalue weighted by molar-refractivity contribution is 7.91. The summed E-state index contributed by atoms with van der Waals surface area (Å²) in [5.74, 6) is 0.762.